The Morgan fingerprint density at radius 2 is 2.00 bits per heavy atom. The molecule has 0 saturated heterocycles. The zero-order chi connectivity index (χ0) is 15.2. The second-order valence-corrected chi connectivity index (χ2v) is 4.50. The maximum atomic E-state index is 11.0. The van der Waals surface area contributed by atoms with Gasteiger partial charge in [0.05, 0.1) is 5.56 Å². The van der Waals surface area contributed by atoms with Gasteiger partial charge in [0.25, 0.3) is 0 Å². The summed E-state index contributed by atoms with van der Waals surface area (Å²) in [6, 6.07) is 6.63. The highest BCUT2D eigenvalue weighted by molar-refractivity contribution is 5.92. The highest BCUT2D eigenvalue weighted by Gasteiger charge is 2.12. The third-order valence-electron chi connectivity index (χ3n) is 3.00. The van der Waals surface area contributed by atoms with E-state index in [2.05, 4.69) is 22.2 Å². The van der Waals surface area contributed by atoms with Gasteiger partial charge in [-0.2, -0.15) is 0 Å². The molecule has 2 rings (SSSR count). The largest absolute Gasteiger partial charge is 0.439 e. The maximum absolute atomic E-state index is 11.0. The van der Waals surface area contributed by atoms with Crippen LogP contribution in [0.5, 0.6) is 11.6 Å². The van der Waals surface area contributed by atoms with Gasteiger partial charge in [-0.05, 0) is 30.7 Å². The van der Waals surface area contributed by atoms with Crippen LogP contribution in [0.1, 0.15) is 29.3 Å². The number of nitrogens with zero attached hydrogens (tertiary/aromatic N) is 2. The third-order valence-corrected chi connectivity index (χ3v) is 3.00. The molecule has 0 bridgehead atoms. The number of anilines is 1. The van der Waals surface area contributed by atoms with Crippen molar-refractivity contribution in [3.8, 4) is 11.6 Å². The van der Waals surface area contributed by atoms with E-state index in [9.17, 15) is 4.79 Å². The number of nitrogens with two attached hydrogens (primary N) is 1. The lowest BCUT2D eigenvalue weighted by molar-refractivity contribution is 0.100. The van der Waals surface area contributed by atoms with Gasteiger partial charge in [0, 0.05) is 12.6 Å². The van der Waals surface area contributed by atoms with Crippen LogP contribution in [0, 0.1) is 0 Å². The molecule has 1 amide bonds. The van der Waals surface area contributed by atoms with Crippen LogP contribution in [0.15, 0.2) is 30.6 Å². The first kappa shape index (κ1) is 14.8. The van der Waals surface area contributed by atoms with Crippen LogP contribution in [0.25, 0.3) is 0 Å². The Morgan fingerprint density at radius 3 is 2.57 bits per heavy atom. The van der Waals surface area contributed by atoms with Crippen LogP contribution < -0.4 is 15.8 Å². The summed E-state index contributed by atoms with van der Waals surface area (Å²) in [6.45, 7) is 2.08. The average molecular weight is 286 g/mol. The van der Waals surface area contributed by atoms with Crippen LogP contribution in [0.2, 0.25) is 0 Å². The molecule has 6 nitrogen and oxygen atoms in total. The highest BCUT2D eigenvalue weighted by atomic mass is 16.5. The molecule has 1 aromatic carbocycles. The molecule has 0 aliphatic rings. The van der Waals surface area contributed by atoms with Crippen molar-refractivity contribution in [2.24, 2.45) is 5.73 Å². The topological polar surface area (TPSA) is 90.1 Å². The summed E-state index contributed by atoms with van der Waals surface area (Å²) in [5.74, 6) is 1.41. The molecule has 0 unspecified atom stereocenters. The van der Waals surface area contributed by atoms with Crippen LogP contribution >= 0.6 is 0 Å². The molecule has 110 valence electrons. The van der Waals surface area contributed by atoms with Crippen molar-refractivity contribution in [1.29, 1.82) is 0 Å². The Bertz CT molecular complexity index is 626. The van der Waals surface area contributed by atoms with E-state index in [1.165, 1.54) is 6.33 Å². The Balaban J connectivity index is 2.28. The molecular formula is C15H18N4O2. The second kappa shape index (κ2) is 6.69. The minimum atomic E-state index is -0.465. The standard InChI is InChI=1S/C15H18N4O2/c1-3-4-12-14(17-2)18-9-19-15(12)21-11-7-5-10(6-8-11)13(16)20/h5-9H,3-4H2,1-2H3,(H2,16,20)(H,17,18,19). The van der Waals surface area contributed by atoms with Gasteiger partial charge in [-0.25, -0.2) is 9.97 Å². The van der Waals surface area contributed by atoms with Gasteiger partial charge in [0.15, 0.2) is 0 Å². The van der Waals surface area contributed by atoms with Crippen LogP contribution in [-0.2, 0) is 6.42 Å². The van der Waals surface area contributed by atoms with Crippen molar-refractivity contribution in [3.05, 3.63) is 41.7 Å². The summed E-state index contributed by atoms with van der Waals surface area (Å²) in [5, 5.41) is 3.04. The van der Waals surface area contributed by atoms with Crippen LogP contribution in [0.4, 0.5) is 5.82 Å². The summed E-state index contributed by atoms with van der Waals surface area (Å²) >= 11 is 0. The Morgan fingerprint density at radius 1 is 1.29 bits per heavy atom. The Kier molecular flexibility index (Phi) is 4.71. The molecule has 0 aliphatic heterocycles. The van der Waals surface area contributed by atoms with Gasteiger partial charge in [-0.1, -0.05) is 13.3 Å². The van der Waals surface area contributed by atoms with Gasteiger partial charge in [-0.15, -0.1) is 0 Å². The molecule has 0 atom stereocenters. The van der Waals surface area contributed by atoms with Crippen molar-refractivity contribution >= 4 is 11.7 Å². The van der Waals surface area contributed by atoms with Crippen molar-refractivity contribution in [3.63, 3.8) is 0 Å². The van der Waals surface area contributed by atoms with Gasteiger partial charge in [0.1, 0.15) is 17.9 Å². The fraction of sp³-hybridized carbons (Fsp3) is 0.267. The van der Waals surface area contributed by atoms with Crippen molar-refractivity contribution in [2.45, 2.75) is 19.8 Å². The van der Waals surface area contributed by atoms with E-state index in [1.54, 1.807) is 24.3 Å². The number of ether oxygens (including phenoxy) is 1. The average Bonchev–Trinajstić information content (AvgIpc) is 2.49. The zero-order valence-corrected chi connectivity index (χ0v) is 12.1. The maximum Gasteiger partial charge on any atom is 0.248 e. The van der Waals surface area contributed by atoms with E-state index in [-0.39, 0.29) is 0 Å². The van der Waals surface area contributed by atoms with Crippen LogP contribution in [0.3, 0.4) is 0 Å². The molecule has 6 heteroatoms. The van der Waals surface area contributed by atoms with Crippen LogP contribution in [-0.4, -0.2) is 22.9 Å². The van der Waals surface area contributed by atoms with E-state index in [0.29, 0.717) is 17.2 Å². The third kappa shape index (κ3) is 3.47. The van der Waals surface area contributed by atoms with E-state index in [0.717, 1.165) is 24.2 Å². The predicted molar refractivity (Wildman–Crippen MR) is 80.6 cm³/mol. The quantitative estimate of drug-likeness (QED) is 0.850. The molecule has 0 radical (unpaired) electrons. The number of hydrogen-bond donors (Lipinski definition) is 2. The normalized spacial score (nSPS) is 10.2. The molecular weight excluding hydrogens is 268 g/mol. The summed E-state index contributed by atoms with van der Waals surface area (Å²) in [7, 11) is 1.81. The van der Waals surface area contributed by atoms with Gasteiger partial charge in [-0.3, -0.25) is 4.79 Å². The number of benzene rings is 1. The number of carbonyl (C=O) groups is 1. The van der Waals surface area contributed by atoms with Gasteiger partial charge >= 0.3 is 0 Å². The zero-order valence-electron chi connectivity index (χ0n) is 12.1. The smallest absolute Gasteiger partial charge is 0.248 e. The predicted octanol–water partition coefficient (Wildman–Crippen LogP) is 2.36. The Hall–Kier alpha value is -2.63. The number of rotatable bonds is 6. The lowest BCUT2D eigenvalue weighted by atomic mass is 10.1. The number of nitrogens with one attached hydrogen (secondary N) is 1. The molecule has 1 heterocycles. The van der Waals surface area contributed by atoms with E-state index >= 15 is 0 Å². The first-order chi connectivity index (χ1) is 10.2. The molecule has 2 aromatic rings. The molecule has 0 fully saturated rings. The van der Waals surface area contributed by atoms with Crippen molar-refractivity contribution in [1.82, 2.24) is 9.97 Å². The summed E-state index contributed by atoms with van der Waals surface area (Å²) in [4.78, 5) is 19.4. The number of aromatic nitrogens is 2. The molecule has 0 spiro atoms. The lowest BCUT2D eigenvalue weighted by Crippen LogP contribution is -2.10. The minimum Gasteiger partial charge on any atom is -0.439 e. The lowest BCUT2D eigenvalue weighted by Gasteiger charge is -2.12. The van der Waals surface area contributed by atoms with Crippen molar-refractivity contribution in [2.75, 3.05) is 12.4 Å². The number of hydrogen-bond acceptors (Lipinski definition) is 5. The summed E-state index contributed by atoms with van der Waals surface area (Å²) in [6.07, 6.45) is 3.23. The molecule has 0 aliphatic carbocycles. The first-order valence-electron chi connectivity index (χ1n) is 6.75. The molecule has 0 saturated carbocycles. The van der Waals surface area contributed by atoms with E-state index in [1.807, 2.05) is 7.05 Å². The van der Waals surface area contributed by atoms with Gasteiger partial charge < -0.3 is 15.8 Å². The first-order valence-corrected chi connectivity index (χ1v) is 6.75. The van der Waals surface area contributed by atoms with E-state index < -0.39 is 5.91 Å². The highest BCUT2D eigenvalue weighted by Crippen LogP contribution is 2.28. The molecule has 3 N–H and O–H groups in total. The Labute approximate surface area is 123 Å². The second-order valence-electron chi connectivity index (χ2n) is 4.50. The molecule has 21 heavy (non-hydrogen) atoms. The number of carbonyl (C=O) groups excluding carboxylic acids is 1. The fourth-order valence-electron chi connectivity index (χ4n) is 1.97. The monoisotopic (exact) mass is 286 g/mol. The fourth-order valence-corrected chi connectivity index (χ4v) is 1.97. The number of amides is 1. The number of primary amides is 1. The summed E-state index contributed by atoms with van der Waals surface area (Å²) in [5.41, 5.74) is 6.58. The van der Waals surface area contributed by atoms with E-state index in [4.69, 9.17) is 10.5 Å². The molecule has 1 aromatic heterocycles. The van der Waals surface area contributed by atoms with Crippen molar-refractivity contribution < 1.29 is 9.53 Å². The minimum absolute atomic E-state index is 0.440. The van der Waals surface area contributed by atoms with Gasteiger partial charge in [0.2, 0.25) is 11.8 Å². The summed E-state index contributed by atoms with van der Waals surface area (Å²) < 4.78 is 5.80. The SMILES string of the molecule is CCCc1c(NC)ncnc1Oc1ccc(C(N)=O)cc1.